The zero-order valence-electron chi connectivity index (χ0n) is 20.0. The van der Waals surface area contributed by atoms with Crippen molar-refractivity contribution in [2.45, 2.75) is 20.3 Å². The van der Waals surface area contributed by atoms with Crippen LogP contribution in [0, 0.1) is 11.8 Å². The second-order valence-electron chi connectivity index (χ2n) is 9.08. The van der Waals surface area contributed by atoms with Gasteiger partial charge in [-0.1, -0.05) is 68.4 Å². The Morgan fingerprint density at radius 2 is 1.57 bits per heavy atom. The number of hydrogen-bond donors (Lipinski definition) is 0. The van der Waals surface area contributed by atoms with Gasteiger partial charge in [0.2, 0.25) is 5.91 Å². The molecule has 1 aliphatic rings. The van der Waals surface area contributed by atoms with E-state index >= 15 is 0 Å². The Bertz CT molecular complexity index is 1170. The first kappa shape index (κ1) is 24.2. The van der Waals surface area contributed by atoms with Gasteiger partial charge in [0.1, 0.15) is 5.75 Å². The third kappa shape index (κ3) is 6.15. The van der Waals surface area contributed by atoms with Crippen LogP contribution in [0.25, 0.3) is 11.1 Å². The minimum absolute atomic E-state index is 0.0599. The van der Waals surface area contributed by atoms with Crippen molar-refractivity contribution in [2.24, 2.45) is 11.8 Å². The average Bonchev–Trinajstić information content (AvgIpc) is 3.28. The van der Waals surface area contributed by atoms with Crippen molar-refractivity contribution >= 4 is 23.3 Å². The van der Waals surface area contributed by atoms with Crippen LogP contribution in [0.2, 0.25) is 0 Å². The van der Waals surface area contributed by atoms with Crippen molar-refractivity contribution < 1.29 is 23.9 Å². The number of ketones is 1. The minimum atomic E-state index is -0.604. The van der Waals surface area contributed by atoms with Crippen LogP contribution in [0.1, 0.15) is 30.6 Å². The van der Waals surface area contributed by atoms with Crippen LogP contribution in [0.3, 0.4) is 0 Å². The summed E-state index contributed by atoms with van der Waals surface area (Å²) in [5.74, 6) is -0.413. The quantitative estimate of drug-likeness (QED) is 0.318. The summed E-state index contributed by atoms with van der Waals surface area (Å²) in [5, 5.41) is 0. The maximum atomic E-state index is 12.6. The van der Waals surface area contributed by atoms with E-state index in [1.807, 2.05) is 66.7 Å². The molecule has 0 spiro atoms. The summed E-state index contributed by atoms with van der Waals surface area (Å²) >= 11 is 0. The van der Waals surface area contributed by atoms with E-state index < -0.39 is 11.9 Å². The van der Waals surface area contributed by atoms with Gasteiger partial charge in [-0.25, -0.2) is 0 Å². The van der Waals surface area contributed by atoms with E-state index in [-0.39, 0.29) is 31.3 Å². The third-order valence-electron chi connectivity index (χ3n) is 5.85. The van der Waals surface area contributed by atoms with E-state index in [1.165, 1.54) is 0 Å². The molecule has 1 saturated heterocycles. The predicted molar refractivity (Wildman–Crippen MR) is 134 cm³/mol. The lowest BCUT2D eigenvalue weighted by Crippen LogP contribution is -2.27. The number of ether oxygens (including phenoxy) is 2. The first-order chi connectivity index (χ1) is 16.9. The summed E-state index contributed by atoms with van der Waals surface area (Å²) in [4.78, 5) is 39.2. The predicted octanol–water partition coefficient (Wildman–Crippen LogP) is 5.17. The van der Waals surface area contributed by atoms with Crippen LogP contribution in [0.15, 0.2) is 78.9 Å². The number of amides is 1. The molecule has 35 heavy (non-hydrogen) atoms. The fraction of sp³-hybridized carbons (Fsp3) is 0.276. The van der Waals surface area contributed by atoms with Gasteiger partial charge in [-0.3, -0.25) is 14.4 Å². The molecular weight excluding hydrogens is 442 g/mol. The lowest BCUT2D eigenvalue weighted by atomic mass is 10.0. The van der Waals surface area contributed by atoms with Crippen molar-refractivity contribution in [3.05, 3.63) is 84.4 Å². The summed E-state index contributed by atoms with van der Waals surface area (Å²) in [5.41, 5.74) is 3.24. The molecule has 1 aliphatic heterocycles. The molecular formula is C29H29NO5. The Hall–Kier alpha value is -3.93. The Morgan fingerprint density at radius 3 is 2.23 bits per heavy atom. The first-order valence-electron chi connectivity index (χ1n) is 11.8. The summed E-state index contributed by atoms with van der Waals surface area (Å²) in [7, 11) is 0. The molecule has 0 saturated carbocycles. The Kier molecular flexibility index (Phi) is 7.60. The molecule has 6 heteroatoms. The molecule has 4 rings (SSSR count). The third-order valence-corrected chi connectivity index (χ3v) is 5.85. The fourth-order valence-corrected chi connectivity index (χ4v) is 3.92. The molecule has 1 fully saturated rings. The van der Waals surface area contributed by atoms with E-state index in [1.54, 1.807) is 17.0 Å². The summed E-state index contributed by atoms with van der Waals surface area (Å²) in [6, 6.07) is 24.3. The number of carbonyl (C=O) groups is 3. The van der Waals surface area contributed by atoms with Gasteiger partial charge in [-0.05, 0) is 41.3 Å². The molecule has 6 nitrogen and oxygen atoms in total. The fourth-order valence-electron chi connectivity index (χ4n) is 3.92. The van der Waals surface area contributed by atoms with Gasteiger partial charge in [0, 0.05) is 24.2 Å². The van der Waals surface area contributed by atoms with Crippen LogP contribution in [-0.2, 0) is 14.3 Å². The largest absolute Gasteiger partial charge is 0.493 e. The van der Waals surface area contributed by atoms with Gasteiger partial charge in [0.25, 0.3) is 0 Å². The summed E-state index contributed by atoms with van der Waals surface area (Å²) < 4.78 is 11.0. The normalized spacial score (nSPS) is 15.3. The molecule has 0 bridgehead atoms. The molecule has 0 radical (unpaired) electrons. The van der Waals surface area contributed by atoms with Crippen molar-refractivity contribution in [2.75, 3.05) is 24.7 Å². The van der Waals surface area contributed by atoms with Crippen LogP contribution in [0.5, 0.6) is 5.75 Å². The van der Waals surface area contributed by atoms with Gasteiger partial charge in [0.15, 0.2) is 12.4 Å². The molecule has 3 aromatic carbocycles. The SMILES string of the molecule is CC(C)COc1ccc(N2CC(C(=O)OCC(=O)c3ccc(-c4ccccc4)cc3)CC2=O)cc1. The van der Waals surface area contributed by atoms with E-state index in [0.29, 0.717) is 23.8 Å². The summed E-state index contributed by atoms with van der Waals surface area (Å²) in [6.07, 6.45) is 0.0599. The number of carbonyl (C=O) groups excluding carboxylic acids is 3. The van der Waals surface area contributed by atoms with Crippen LogP contribution >= 0.6 is 0 Å². The molecule has 1 unspecified atom stereocenters. The highest BCUT2D eigenvalue weighted by molar-refractivity contribution is 6.01. The average molecular weight is 472 g/mol. The van der Waals surface area contributed by atoms with Crippen molar-refractivity contribution in [3.63, 3.8) is 0 Å². The molecule has 0 aromatic heterocycles. The minimum Gasteiger partial charge on any atom is -0.493 e. The van der Waals surface area contributed by atoms with Gasteiger partial charge in [-0.2, -0.15) is 0 Å². The van der Waals surface area contributed by atoms with Crippen LogP contribution in [-0.4, -0.2) is 37.4 Å². The van der Waals surface area contributed by atoms with Gasteiger partial charge >= 0.3 is 5.97 Å². The van der Waals surface area contributed by atoms with Gasteiger partial charge < -0.3 is 14.4 Å². The Morgan fingerprint density at radius 1 is 0.914 bits per heavy atom. The molecule has 0 N–H and O–H groups in total. The van der Waals surface area contributed by atoms with E-state index in [0.717, 1.165) is 16.9 Å². The maximum Gasteiger partial charge on any atom is 0.311 e. The number of benzene rings is 3. The van der Waals surface area contributed by atoms with Crippen molar-refractivity contribution in [1.82, 2.24) is 0 Å². The number of hydrogen-bond acceptors (Lipinski definition) is 5. The standard InChI is InChI=1S/C29H29NO5/c1-20(2)18-34-26-14-12-25(13-15-26)30-17-24(16-28(30)32)29(33)35-19-27(31)23-10-8-22(9-11-23)21-6-4-3-5-7-21/h3-15,20,24H,16-19H2,1-2H3. The first-order valence-corrected chi connectivity index (χ1v) is 11.8. The monoisotopic (exact) mass is 471 g/mol. The number of Topliss-reactive ketones (excluding diaryl/α,β-unsaturated/α-hetero) is 1. The molecule has 1 atom stereocenters. The summed E-state index contributed by atoms with van der Waals surface area (Å²) in [6.45, 7) is 4.64. The second-order valence-corrected chi connectivity index (χ2v) is 9.08. The topological polar surface area (TPSA) is 72.9 Å². The molecule has 1 amide bonds. The van der Waals surface area contributed by atoms with Crippen molar-refractivity contribution in [3.8, 4) is 16.9 Å². The molecule has 3 aromatic rings. The van der Waals surface area contributed by atoms with Gasteiger partial charge in [-0.15, -0.1) is 0 Å². The zero-order chi connectivity index (χ0) is 24.8. The zero-order valence-corrected chi connectivity index (χ0v) is 20.0. The smallest absolute Gasteiger partial charge is 0.311 e. The van der Waals surface area contributed by atoms with Crippen molar-refractivity contribution in [1.29, 1.82) is 0 Å². The highest BCUT2D eigenvalue weighted by Gasteiger charge is 2.36. The highest BCUT2D eigenvalue weighted by atomic mass is 16.5. The van der Waals surface area contributed by atoms with E-state index in [4.69, 9.17) is 9.47 Å². The lowest BCUT2D eigenvalue weighted by Gasteiger charge is -2.17. The highest BCUT2D eigenvalue weighted by Crippen LogP contribution is 2.28. The number of esters is 1. The Labute approximate surface area is 205 Å². The lowest BCUT2D eigenvalue weighted by molar-refractivity contribution is -0.147. The maximum absolute atomic E-state index is 12.6. The second kappa shape index (κ2) is 11.0. The molecule has 1 heterocycles. The van der Waals surface area contributed by atoms with E-state index in [2.05, 4.69) is 13.8 Å². The van der Waals surface area contributed by atoms with Crippen LogP contribution in [0.4, 0.5) is 5.69 Å². The number of rotatable bonds is 9. The van der Waals surface area contributed by atoms with Crippen LogP contribution < -0.4 is 9.64 Å². The number of nitrogens with zero attached hydrogens (tertiary/aromatic N) is 1. The van der Waals surface area contributed by atoms with Gasteiger partial charge in [0.05, 0.1) is 12.5 Å². The Balaban J connectivity index is 1.29. The molecule has 180 valence electrons. The molecule has 0 aliphatic carbocycles. The number of anilines is 1. The van der Waals surface area contributed by atoms with E-state index in [9.17, 15) is 14.4 Å².